The SMILES string of the molecule is CCN(CC)CCNC(=O)c1cc(NC(=O)c2ccc(F)cc2)ccc1N(C)C. The van der Waals surface area contributed by atoms with E-state index in [4.69, 9.17) is 0 Å². The van der Waals surface area contributed by atoms with Crippen molar-refractivity contribution in [3.63, 3.8) is 0 Å². The molecule has 0 heterocycles. The molecule has 6 nitrogen and oxygen atoms in total. The average Bonchev–Trinajstić information content (AvgIpc) is 2.71. The minimum absolute atomic E-state index is 0.196. The molecular weight excluding hydrogens is 371 g/mol. The topological polar surface area (TPSA) is 64.7 Å². The van der Waals surface area contributed by atoms with Gasteiger partial charge in [0.15, 0.2) is 0 Å². The summed E-state index contributed by atoms with van der Waals surface area (Å²) in [6, 6.07) is 10.5. The summed E-state index contributed by atoms with van der Waals surface area (Å²) in [5.74, 6) is -0.963. The molecule has 0 unspecified atom stereocenters. The second kappa shape index (κ2) is 10.6. The molecule has 0 aliphatic rings. The fourth-order valence-electron chi connectivity index (χ4n) is 2.95. The standard InChI is InChI=1S/C22H29FN4O2/c1-5-27(6-2)14-13-24-22(29)19-15-18(11-12-20(19)26(3)4)25-21(28)16-7-9-17(23)10-8-16/h7-12,15H,5-6,13-14H2,1-4H3,(H,24,29)(H,25,28). The van der Waals surface area contributed by atoms with Crippen molar-refractivity contribution in [3.05, 3.63) is 59.4 Å². The van der Waals surface area contributed by atoms with E-state index in [0.29, 0.717) is 23.4 Å². The Balaban J connectivity index is 2.14. The monoisotopic (exact) mass is 400 g/mol. The van der Waals surface area contributed by atoms with Gasteiger partial charge in [0.25, 0.3) is 11.8 Å². The van der Waals surface area contributed by atoms with Gasteiger partial charge in [-0.15, -0.1) is 0 Å². The quantitative estimate of drug-likeness (QED) is 0.678. The van der Waals surface area contributed by atoms with Gasteiger partial charge >= 0.3 is 0 Å². The zero-order valence-electron chi connectivity index (χ0n) is 17.5. The lowest BCUT2D eigenvalue weighted by atomic mass is 10.1. The smallest absolute Gasteiger partial charge is 0.255 e. The number of hydrogen-bond acceptors (Lipinski definition) is 4. The Hall–Kier alpha value is -2.93. The molecule has 0 aliphatic heterocycles. The van der Waals surface area contributed by atoms with E-state index in [1.54, 1.807) is 18.2 Å². The highest BCUT2D eigenvalue weighted by Gasteiger charge is 2.15. The number of amides is 2. The molecule has 0 bridgehead atoms. The first-order chi connectivity index (χ1) is 13.8. The number of hydrogen-bond donors (Lipinski definition) is 2. The van der Waals surface area contributed by atoms with Crippen LogP contribution in [0.3, 0.4) is 0 Å². The van der Waals surface area contributed by atoms with Crippen molar-refractivity contribution in [2.75, 3.05) is 50.5 Å². The van der Waals surface area contributed by atoms with Crippen LogP contribution in [0.25, 0.3) is 0 Å². The van der Waals surface area contributed by atoms with Crippen LogP contribution in [0.15, 0.2) is 42.5 Å². The zero-order valence-corrected chi connectivity index (χ0v) is 17.5. The van der Waals surface area contributed by atoms with Gasteiger partial charge in [0.05, 0.1) is 5.56 Å². The molecule has 2 amide bonds. The van der Waals surface area contributed by atoms with E-state index < -0.39 is 5.82 Å². The van der Waals surface area contributed by atoms with E-state index in [2.05, 4.69) is 29.4 Å². The third-order valence-corrected chi connectivity index (χ3v) is 4.70. The summed E-state index contributed by atoms with van der Waals surface area (Å²) < 4.78 is 13.1. The lowest BCUT2D eigenvalue weighted by molar-refractivity contribution is 0.0948. The molecule has 0 saturated heterocycles. The summed E-state index contributed by atoms with van der Waals surface area (Å²) in [5, 5.41) is 5.71. The molecule has 0 fully saturated rings. The molecule has 7 heteroatoms. The Morgan fingerprint density at radius 1 is 0.966 bits per heavy atom. The average molecular weight is 400 g/mol. The first kappa shape index (κ1) is 22.4. The summed E-state index contributed by atoms with van der Waals surface area (Å²) in [5.41, 5.74) is 2.07. The number of carbonyl (C=O) groups excluding carboxylic acids is 2. The van der Waals surface area contributed by atoms with Crippen LogP contribution in [0, 0.1) is 5.82 Å². The predicted molar refractivity (Wildman–Crippen MR) is 115 cm³/mol. The number of benzene rings is 2. The fraction of sp³-hybridized carbons (Fsp3) is 0.364. The second-order valence-corrected chi connectivity index (χ2v) is 6.87. The van der Waals surface area contributed by atoms with Gasteiger partial charge in [-0.1, -0.05) is 13.8 Å². The van der Waals surface area contributed by atoms with Crippen molar-refractivity contribution >= 4 is 23.2 Å². The van der Waals surface area contributed by atoms with E-state index in [0.717, 1.165) is 25.3 Å². The minimum Gasteiger partial charge on any atom is -0.377 e. The van der Waals surface area contributed by atoms with Crippen molar-refractivity contribution in [3.8, 4) is 0 Å². The van der Waals surface area contributed by atoms with Gasteiger partial charge < -0.3 is 20.4 Å². The minimum atomic E-state index is -0.402. The number of nitrogens with zero attached hydrogens (tertiary/aromatic N) is 2. The maximum atomic E-state index is 13.1. The van der Waals surface area contributed by atoms with Crippen LogP contribution in [0.4, 0.5) is 15.8 Å². The van der Waals surface area contributed by atoms with E-state index in [9.17, 15) is 14.0 Å². The highest BCUT2D eigenvalue weighted by Crippen LogP contribution is 2.23. The number of nitrogens with one attached hydrogen (secondary N) is 2. The molecule has 2 aromatic carbocycles. The lowest BCUT2D eigenvalue weighted by Crippen LogP contribution is -2.35. The Morgan fingerprint density at radius 2 is 1.62 bits per heavy atom. The predicted octanol–water partition coefficient (Wildman–Crippen LogP) is 3.22. The summed E-state index contributed by atoms with van der Waals surface area (Å²) in [7, 11) is 3.72. The van der Waals surface area contributed by atoms with Gasteiger partial charge in [0.1, 0.15) is 5.82 Å². The molecule has 0 spiro atoms. The normalized spacial score (nSPS) is 10.7. The number of rotatable bonds is 9. The van der Waals surface area contributed by atoms with Gasteiger partial charge in [0, 0.05) is 44.1 Å². The first-order valence-electron chi connectivity index (χ1n) is 9.74. The second-order valence-electron chi connectivity index (χ2n) is 6.87. The van der Waals surface area contributed by atoms with Crippen LogP contribution in [-0.4, -0.2) is 57.0 Å². The number of likely N-dealkylation sites (N-methyl/N-ethyl adjacent to an activating group) is 1. The van der Waals surface area contributed by atoms with E-state index in [1.807, 2.05) is 19.0 Å². The highest BCUT2D eigenvalue weighted by atomic mass is 19.1. The van der Waals surface area contributed by atoms with Gasteiger partial charge in [-0.2, -0.15) is 0 Å². The molecule has 0 aromatic heterocycles. The first-order valence-corrected chi connectivity index (χ1v) is 9.74. The van der Waals surface area contributed by atoms with E-state index >= 15 is 0 Å². The van der Waals surface area contributed by atoms with Crippen LogP contribution in [0.2, 0.25) is 0 Å². The van der Waals surface area contributed by atoms with Gasteiger partial charge in [-0.05, 0) is 55.6 Å². The number of carbonyl (C=O) groups is 2. The van der Waals surface area contributed by atoms with Crippen LogP contribution < -0.4 is 15.5 Å². The van der Waals surface area contributed by atoms with Crippen molar-refractivity contribution in [1.29, 1.82) is 0 Å². The molecule has 0 aliphatic carbocycles. The Morgan fingerprint density at radius 3 is 2.21 bits per heavy atom. The van der Waals surface area contributed by atoms with Crippen molar-refractivity contribution < 1.29 is 14.0 Å². The van der Waals surface area contributed by atoms with Crippen LogP contribution in [-0.2, 0) is 0 Å². The van der Waals surface area contributed by atoms with E-state index in [-0.39, 0.29) is 11.8 Å². The molecule has 0 saturated carbocycles. The molecule has 29 heavy (non-hydrogen) atoms. The largest absolute Gasteiger partial charge is 0.377 e. The molecule has 0 radical (unpaired) electrons. The molecule has 2 rings (SSSR count). The summed E-state index contributed by atoms with van der Waals surface area (Å²) in [6.45, 7) is 7.35. The van der Waals surface area contributed by atoms with Crippen molar-refractivity contribution in [1.82, 2.24) is 10.2 Å². The third kappa shape index (κ3) is 6.29. The maximum absolute atomic E-state index is 13.1. The van der Waals surface area contributed by atoms with Crippen LogP contribution in [0.1, 0.15) is 34.6 Å². The molecule has 0 atom stereocenters. The lowest BCUT2D eigenvalue weighted by Gasteiger charge is -2.20. The molecule has 2 N–H and O–H groups in total. The molecule has 2 aromatic rings. The fourth-order valence-corrected chi connectivity index (χ4v) is 2.95. The van der Waals surface area contributed by atoms with Crippen molar-refractivity contribution in [2.24, 2.45) is 0 Å². The van der Waals surface area contributed by atoms with Crippen molar-refractivity contribution in [2.45, 2.75) is 13.8 Å². The maximum Gasteiger partial charge on any atom is 0.255 e. The molecular formula is C22H29FN4O2. The Labute approximate surface area is 171 Å². The third-order valence-electron chi connectivity index (χ3n) is 4.70. The van der Waals surface area contributed by atoms with Crippen LogP contribution in [0.5, 0.6) is 0 Å². The Kier molecular flexibility index (Phi) is 8.15. The van der Waals surface area contributed by atoms with Crippen LogP contribution >= 0.6 is 0 Å². The number of anilines is 2. The highest BCUT2D eigenvalue weighted by molar-refractivity contribution is 6.06. The zero-order chi connectivity index (χ0) is 21.4. The number of halogens is 1. The van der Waals surface area contributed by atoms with E-state index in [1.165, 1.54) is 24.3 Å². The van der Waals surface area contributed by atoms with Gasteiger partial charge in [-0.3, -0.25) is 9.59 Å². The summed E-state index contributed by atoms with van der Waals surface area (Å²) in [6.07, 6.45) is 0. The van der Waals surface area contributed by atoms with Gasteiger partial charge in [0.2, 0.25) is 0 Å². The molecule has 156 valence electrons. The van der Waals surface area contributed by atoms with Gasteiger partial charge in [-0.25, -0.2) is 4.39 Å². The Bertz CT molecular complexity index is 833. The summed E-state index contributed by atoms with van der Waals surface area (Å²) >= 11 is 0. The summed E-state index contributed by atoms with van der Waals surface area (Å²) in [4.78, 5) is 29.2.